The molecule has 6 nitrogen and oxygen atoms in total. The van der Waals surface area contributed by atoms with Crippen molar-refractivity contribution in [3.05, 3.63) is 29.8 Å². The average Bonchev–Trinajstić information content (AvgIpc) is 2.45. The number of nitrogens with one attached hydrogen (secondary N) is 1. The van der Waals surface area contributed by atoms with E-state index in [2.05, 4.69) is 10.2 Å². The number of hydrogen-bond acceptors (Lipinski definition) is 5. The highest BCUT2D eigenvalue weighted by atomic mass is 16.5. The molecule has 1 aliphatic rings. The van der Waals surface area contributed by atoms with Crippen LogP contribution in [0.1, 0.15) is 24.2 Å². The molecule has 2 rings (SSSR count). The maximum Gasteiger partial charge on any atom is 0.339 e. The van der Waals surface area contributed by atoms with E-state index in [4.69, 9.17) is 9.47 Å². The van der Waals surface area contributed by atoms with Crippen molar-refractivity contribution in [2.45, 2.75) is 26.1 Å². The summed E-state index contributed by atoms with van der Waals surface area (Å²) in [6.07, 6.45) is 0.220. The molecular formula is C16H22N2O4. The van der Waals surface area contributed by atoms with E-state index < -0.39 is 5.97 Å². The van der Waals surface area contributed by atoms with Gasteiger partial charge in [-0.05, 0) is 26.0 Å². The van der Waals surface area contributed by atoms with Gasteiger partial charge in [0.25, 0.3) is 0 Å². The number of methoxy groups -OCH3 is 1. The number of ether oxygens (including phenoxy) is 2. The monoisotopic (exact) mass is 306 g/mol. The van der Waals surface area contributed by atoms with Gasteiger partial charge in [0.15, 0.2) is 0 Å². The molecule has 1 aromatic carbocycles. The molecule has 120 valence electrons. The van der Waals surface area contributed by atoms with Crippen molar-refractivity contribution in [1.29, 1.82) is 0 Å². The molecule has 0 bridgehead atoms. The summed E-state index contributed by atoms with van der Waals surface area (Å²) in [5.41, 5.74) is 0.816. The Morgan fingerprint density at radius 1 is 1.27 bits per heavy atom. The standard InChI is InChI=1S/C16H22N2O4/c1-11-8-18(9-12(2)22-11)10-15(19)17-14-7-5-4-6-13(14)16(20)21-3/h4-7,11-12H,8-10H2,1-3H3,(H,17,19)/t11-,12+. The number of morpholine rings is 1. The molecule has 22 heavy (non-hydrogen) atoms. The number of para-hydroxylation sites is 1. The quantitative estimate of drug-likeness (QED) is 0.854. The normalized spacial score (nSPS) is 22.1. The Morgan fingerprint density at radius 3 is 2.55 bits per heavy atom. The maximum absolute atomic E-state index is 12.2. The zero-order chi connectivity index (χ0) is 16.1. The second-order valence-electron chi connectivity index (χ2n) is 5.54. The van der Waals surface area contributed by atoms with Gasteiger partial charge >= 0.3 is 5.97 Å². The number of carbonyl (C=O) groups excluding carboxylic acids is 2. The van der Waals surface area contributed by atoms with Gasteiger partial charge in [0.1, 0.15) is 0 Å². The van der Waals surface area contributed by atoms with Crippen LogP contribution in [0.2, 0.25) is 0 Å². The molecule has 6 heteroatoms. The van der Waals surface area contributed by atoms with Crippen molar-refractivity contribution in [3.8, 4) is 0 Å². The lowest BCUT2D eigenvalue weighted by atomic mass is 10.1. The Kier molecular flexibility index (Phi) is 5.51. The lowest BCUT2D eigenvalue weighted by Crippen LogP contribution is -2.48. The number of hydrogen-bond donors (Lipinski definition) is 1. The number of benzene rings is 1. The number of anilines is 1. The van der Waals surface area contributed by atoms with Gasteiger partial charge in [0.05, 0.1) is 37.1 Å². The number of esters is 1. The zero-order valence-corrected chi connectivity index (χ0v) is 13.2. The minimum atomic E-state index is -0.468. The van der Waals surface area contributed by atoms with Crippen LogP contribution >= 0.6 is 0 Å². The lowest BCUT2D eigenvalue weighted by molar-refractivity contribution is -0.121. The molecule has 2 atom stereocenters. The smallest absolute Gasteiger partial charge is 0.339 e. The molecule has 1 aliphatic heterocycles. The van der Waals surface area contributed by atoms with Crippen LogP contribution in [-0.4, -0.2) is 55.7 Å². The third kappa shape index (κ3) is 4.29. The molecule has 0 aromatic heterocycles. The Hall–Kier alpha value is -1.92. The van der Waals surface area contributed by atoms with Crippen molar-refractivity contribution in [2.24, 2.45) is 0 Å². The number of rotatable bonds is 4. The molecule has 1 aromatic rings. The largest absolute Gasteiger partial charge is 0.465 e. The minimum Gasteiger partial charge on any atom is -0.465 e. The first-order chi connectivity index (χ1) is 10.5. The minimum absolute atomic E-state index is 0.110. The molecular weight excluding hydrogens is 284 g/mol. The van der Waals surface area contributed by atoms with Crippen LogP contribution in [0.5, 0.6) is 0 Å². The molecule has 1 fully saturated rings. The summed E-state index contributed by atoms with van der Waals surface area (Å²) < 4.78 is 10.4. The van der Waals surface area contributed by atoms with E-state index in [0.717, 1.165) is 13.1 Å². The van der Waals surface area contributed by atoms with E-state index >= 15 is 0 Å². The van der Waals surface area contributed by atoms with E-state index in [0.29, 0.717) is 11.3 Å². The van der Waals surface area contributed by atoms with E-state index in [1.807, 2.05) is 13.8 Å². The van der Waals surface area contributed by atoms with Crippen LogP contribution in [0, 0.1) is 0 Å². The molecule has 0 spiro atoms. The van der Waals surface area contributed by atoms with Gasteiger partial charge < -0.3 is 14.8 Å². The predicted octanol–water partition coefficient (Wildman–Crippen LogP) is 1.52. The Bertz CT molecular complexity index is 537. The van der Waals surface area contributed by atoms with E-state index in [9.17, 15) is 9.59 Å². The fraction of sp³-hybridized carbons (Fsp3) is 0.500. The summed E-state index contributed by atoms with van der Waals surface area (Å²) in [7, 11) is 1.32. The summed E-state index contributed by atoms with van der Waals surface area (Å²) in [5.74, 6) is -0.623. The fourth-order valence-electron chi connectivity index (χ4n) is 2.69. The van der Waals surface area contributed by atoms with Crippen LogP contribution in [0.4, 0.5) is 5.69 Å². The average molecular weight is 306 g/mol. The van der Waals surface area contributed by atoms with E-state index in [1.165, 1.54) is 7.11 Å². The van der Waals surface area contributed by atoms with Gasteiger partial charge in [0, 0.05) is 13.1 Å². The van der Waals surface area contributed by atoms with Crippen LogP contribution in [0.25, 0.3) is 0 Å². The topological polar surface area (TPSA) is 67.9 Å². The van der Waals surface area contributed by atoms with Crippen LogP contribution in [0.3, 0.4) is 0 Å². The molecule has 0 saturated carbocycles. The lowest BCUT2D eigenvalue weighted by Gasteiger charge is -2.34. The molecule has 0 radical (unpaired) electrons. The summed E-state index contributed by atoms with van der Waals surface area (Å²) in [6, 6.07) is 6.81. The van der Waals surface area contributed by atoms with Crippen molar-refractivity contribution in [1.82, 2.24) is 4.90 Å². The van der Waals surface area contributed by atoms with Crippen molar-refractivity contribution in [2.75, 3.05) is 32.1 Å². The second-order valence-corrected chi connectivity index (χ2v) is 5.54. The number of amides is 1. The fourth-order valence-corrected chi connectivity index (χ4v) is 2.69. The molecule has 1 N–H and O–H groups in total. The highest BCUT2D eigenvalue weighted by molar-refractivity contribution is 6.01. The van der Waals surface area contributed by atoms with Gasteiger partial charge in [-0.1, -0.05) is 12.1 Å². The second kappa shape index (κ2) is 7.38. The molecule has 1 heterocycles. The van der Waals surface area contributed by atoms with Crippen molar-refractivity contribution in [3.63, 3.8) is 0 Å². The van der Waals surface area contributed by atoms with Gasteiger partial charge in [-0.3, -0.25) is 9.69 Å². The number of nitrogens with zero attached hydrogens (tertiary/aromatic N) is 1. The molecule has 0 unspecified atom stereocenters. The van der Waals surface area contributed by atoms with Crippen LogP contribution < -0.4 is 5.32 Å². The summed E-state index contributed by atoms with van der Waals surface area (Å²) in [4.78, 5) is 26.0. The first-order valence-corrected chi connectivity index (χ1v) is 7.34. The van der Waals surface area contributed by atoms with Crippen molar-refractivity contribution >= 4 is 17.6 Å². The van der Waals surface area contributed by atoms with Crippen molar-refractivity contribution < 1.29 is 19.1 Å². The van der Waals surface area contributed by atoms with Gasteiger partial charge in [-0.25, -0.2) is 4.79 Å². The third-order valence-corrected chi connectivity index (χ3v) is 3.47. The van der Waals surface area contributed by atoms with E-state index in [-0.39, 0.29) is 24.7 Å². The summed E-state index contributed by atoms with van der Waals surface area (Å²) >= 11 is 0. The predicted molar refractivity (Wildman–Crippen MR) is 82.9 cm³/mol. The first kappa shape index (κ1) is 16.5. The van der Waals surface area contributed by atoms with Crippen LogP contribution in [-0.2, 0) is 14.3 Å². The maximum atomic E-state index is 12.2. The van der Waals surface area contributed by atoms with Gasteiger partial charge in [-0.2, -0.15) is 0 Å². The summed E-state index contributed by atoms with van der Waals surface area (Å²) in [6.45, 7) is 5.70. The highest BCUT2D eigenvalue weighted by Gasteiger charge is 2.24. The van der Waals surface area contributed by atoms with E-state index in [1.54, 1.807) is 24.3 Å². The Morgan fingerprint density at radius 2 is 1.91 bits per heavy atom. The Balaban J connectivity index is 1.99. The molecule has 0 aliphatic carbocycles. The molecule has 1 saturated heterocycles. The Labute approximate surface area is 130 Å². The van der Waals surface area contributed by atoms with Gasteiger partial charge in [-0.15, -0.1) is 0 Å². The SMILES string of the molecule is COC(=O)c1ccccc1NC(=O)CN1C[C@@H](C)O[C@@H](C)C1. The van der Waals surface area contributed by atoms with Crippen LogP contribution in [0.15, 0.2) is 24.3 Å². The molecule has 1 amide bonds. The third-order valence-electron chi connectivity index (χ3n) is 3.47. The first-order valence-electron chi connectivity index (χ1n) is 7.34. The number of carbonyl (C=O) groups is 2. The highest BCUT2D eigenvalue weighted by Crippen LogP contribution is 2.16. The summed E-state index contributed by atoms with van der Waals surface area (Å²) in [5, 5.41) is 2.78. The zero-order valence-electron chi connectivity index (χ0n) is 13.2. The van der Waals surface area contributed by atoms with Gasteiger partial charge in [0.2, 0.25) is 5.91 Å².